The summed E-state index contributed by atoms with van der Waals surface area (Å²) in [5.41, 5.74) is 4.55. The molecule has 0 radical (unpaired) electrons. The van der Waals surface area contributed by atoms with E-state index in [9.17, 15) is 22.9 Å². The lowest BCUT2D eigenvalue weighted by molar-refractivity contribution is -0.387. The van der Waals surface area contributed by atoms with Crippen molar-refractivity contribution in [3.8, 4) is 0 Å². The number of nitrogens with one attached hydrogen (secondary N) is 1. The first-order valence-corrected chi connectivity index (χ1v) is 7.11. The van der Waals surface area contributed by atoms with Gasteiger partial charge in [0, 0.05) is 6.07 Å². The van der Waals surface area contributed by atoms with E-state index in [1.165, 1.54) is 12.1 Å². The van der Waals surface area contributed by atoms with Crippen LogP contribution in [0.2, 0.25) is 0 Å². The summed E-state index contributed by atoms with van der Waals surface area (Å²) in [5, 5.41) is 10.9. The molecular weight excluding hydrogens is 301 g/mol. The maximum absolute atomic E-state index is 13.0. The van der Waals surface area contributed by atoms with E-state index >= 15 is 0 Å². The van der Waals surface area contributed by atoms with Crippen LogP contribution >= 0.6 is 0 Å². The van der Waals surface area contributed by atoms with Gasteiger partial charge in [-0.25, -0.2) is 12.8 Å². The number of rotatable bonds is 4. The molecule has 0 aliphatic heterocycles. The predicted octanol–water partition coefficient (Wildman–Crippen LogP) is 2.12. The number of benzene rings is 2. The zero-order valence-corrected chi connectivity index (χ0v) is 11.3. The molecule has 110 valence electrons. The van der Waals surface area contributed by atoms with Crippen molar-refractivity contribution in [3.05, 3.63) is 58.4 Å². The van der Waals surface area contributed by atoms with Gasteiger partial charge in [-0.3, -0.25) is 14.8 Å². The van der Waals surface area contributed by atoms with E-state index < -0.39 is 31.3 Å². The summed E-state index contributed by atoms with van der Waals surface area (Å²) >= 11 is 0. The van der Waals surface area contributed by atoms with Crippen molar-refractivity contribution >= 4 is 27.1 Å². The second-order valence-electron chi connectivity index (χ2n) is 4.07. The van der Waals surface area contributed by atoms with Crippen molar-refractivity contribution in [2.75, 3.05) is 10.5 Å². The van der Waals surface area contributed by atoms with Crippen molar-refractivity contribution in [2.24, 2.45) is 0 Å². The Kier molecular flexibility index (Phi) is 3.76. The van der Waals surface area contributed by atoms with Gasteiger partial charge in [0.25, 0.3) is 15.7 Å². The maximum Gasteiger partial charge on any atom is 0.289 e. The van der Waals surface area contributed by atoms with Gasteiger partial charge in [-0.05, 0) is 24.3 Å². The highest BCUT2D eigenvalue weighted by molar-refractivity contribution is 7.92. The Morgan fingerprint density at radius 3 is 2.48 bits per heavy atom. The van der Waals surface area contributed by atoms with Gasteiger partial charge in [0.05, 0.1) is 16.3 Å². The summed E-state index contributed by atoms with van der Waals surface area (Å²) in [6.07, 6.45) is 0. The number of nitro groups is 1. The normalized spacial score (nSPS) is 11.1. The third-order valence-corrected chi connectivity index (χ3v) is 4.03. The van der Waals surface area contributed by atoms with E-state index in [-0.39, 0.29) is 11.4 Å². The molecule has 21 heavy (non-hydrogen) atoms. The molecule has 0 aromatic heterocycles. The van der Waals surface area contributed by atoms with Crippen LogP contribution in [0.3, 0.4) is 0 Å². The number of sulfonamides is 1. The average Bonchev–Trinajstić information content (AvgIpc) is 2.42. The van der Waals surface area contributed by atoms with Crippen molar-refractivity contribution in [1.82, 2.24) is 0 Å². The molecule has 0 spiro atoms. The fourth-order valence-corrected chi connectivity index (χ4v) is 2.88. The van der Waals surface area contributed by atoms with Crippen molar-refractivity contribution in [2.45, 2.75) is 4.90 Å². The smallest absolute Gasteiger partial charge is 0.289 e. The summed E-state index contributed by atoms with van der Waals surface area (Å²) in [6, 6.07) is 8.14. The molecule has 0 saturated carbocycles. The highest BCUT2D eigenvalue weighted by Gasteiger charge is 2.25. The van der Waals surface area contributed by atoms with Crippen molar-refractivity contribution in [3.63, 3.8) is 0 Å². The van der Waals surface area contributed by atoms with E-state index in [1.807, 2.05) is 0 Å². The van der Waals surface area contributed by atoms with Gasteiger partial charge in [-0.1, -0.05) is 12.1 Å². The Morgan fingerprint density at radius 2 is 1.86 bits per heavy atom. The molecule has 0 atom stereocenters. The fourth-order valence-electron chi connectivity index (χ4n) is 1.65. The van der Waals surface area contributed by atoms with Crippen LogP contribution in [-0.2, 0) is 10.0 Å². The van der Waals surface area contributed by atoms with Crippen LogP contribution in [0, 0.1) is 15.9 Å². The molecule has 2 aromatic rings. The number of para-hydroxylation sites is 1. The van der Waals surface area contributed by atoms with Gasteiger partial charge in [0.2, 0.25) is 0 Å². The van der Waals surface area contributed by atoms with Gasteiger partial charge >= 0.3 is 0 Å². The van der Waals surface area contributed by atoms with Crippen LogP contribution in [0.15, 0.2) is 47.4 Å². The molecule has 0 aliphatic rings. The molecule has 3 N–H and O–H groups in total. The Bertz CT molecular complexity index is 808. The third-order valence-electron chi connectivity index (χ3n) is 2.60. The van der Waals surface area contributed by atoms with E-state index in [0.29, 0.717) is 0 Å². The standard InChI is InChI=1S/C12H10FN3O4S/c13-9-6-5-8(7-10(9)14)15-21(19,20)12-4-2-1-3-11(12)16(17)18/h1-7,15H,14H2. The Hall–Kier alpha value is -2.68. The SMILES string of the molecule is Nc1cc(NS(=O)(=O)c2ccccc2[N+](=O)[O-])ccc1F. The maximum atomic E-state index is 13.0. The zero-order valence-electron chi connectivity index (χ0n) is 10.5. The molecule has 2 aromatic carbocycles. The van der Waals surface area contributed by atoms with Gasteiger partial charge in [-0.15, -0.1) is 0 Å². The van der Waals surface area contributed by atoms with Crippen molar-refractivity contribution in [1.29, 1.82) is 0 Å². The van der Waals surface area contributed by atoms with Gasteiger partial charge in [0.15, 0.2) is 4.90 Å². The number of nitrogens with two attached hydrogens (primary N) is 1. The lowest BCUT2D eigenvalue weighted by Crippen LogP contribution is -2.15. The number of hydrogen-bond donors (Lipinski definition) is 2. The monoisotopic (exact) mass is 311 g/mol. The molecule has 0 heterocycles. The number of anilines is 2. The molecule has 0 saturated heterocycles. The predicted molar refractivity (Wildman–Crippen MR) is 74.7 cm³/mol. The number of hydrogen-bond acceptors (Lipinski definition) is 5. The van der Waals surface area contributed by atoms with Crippen LogP contribution in [0.25, 0.3) is 0 Å². The lowest BCUT2D eigenvalue weighted by atomic mass is 10.3. The van der Waals surface area contributed by atoms with Crippen LogP contribution in [0.1, 0.15) is 0 Å². The molecule has 0 aliphatic carbocycles. The molecule has 9 heteroatoms. The zero-order chi connectivity index (χ0) is 15.6. The number of nitro benzene ring substituents is 1. The number of nitrogen functional groups attached to an aromatic ring is 1. The minimum atomic E-state index is -4.19. The third kappa shape index (κ3) is 3.08. The van der Waals surface area contributed by atoms with E-state index in [1.54, 1.807) is 0 Å². The Balaban J connectivity index is 2.43. The van der Waals surface area contributed by atoms with Crippen LogP contribution < -0.4 is 10.5 Å². The fraction of sp³-hybridized carbons (Fsp3) is 0. The minimum absolute atomic E-state index is 0.00653. The first-order chi connectivity index (χ1) is 9.81. The second kappa shape index (κ2) is 5.37. The van der Waals surface area contributed by atoms with Gasteiger partial charge in [-0.2, -0.15) is 0 Å². The molecule has 0 unspecified atom stereocenters. The quantitative estimate of drug-likeness (QED) is 0.510. The van der Waals surface area contributed by atoms with Gasteiger partial charge < -0.3 is 5.73 Å². The first-order valence-electron chi connectivity index (χ1n) is 5.62. The largest absolute Gasteiger partial charge is 0.396 e. The number of nitrogens with zero attached hydrogens (tertiary/aromatic N) is 1. The average molecular weight is 311 g/mol. The highest BCUT2D eigenvalue weighted by atomic mass is 32.2. The minimum Gasteiger partial charge on any atom is -0.396 e. The molecule has 0 fully saturated rings. The van der Waals surface area contributed by atoms with Gasteiger partial charge in [0.1, 0.15) is 5.82 Å². The molecule has 2 rings (SSSR count). The van der Waals surface area contributed by atoms with Crippen LogP contribution in [0.5, 0.6) is 0 Å². The van der Waals surface area contributed by atoms with Crippen molar-refractivity contribution < 1.29 is 17.7 Å². The van der Waals surface area contributed by atoms with E-state index in [2.05, 4.69) is 4.72 Å². The molecule has 0 amide bonds. The van der Waals surface area contributed by atoms with E-state index in [0.717, 1.165) is 30.3 Å². The molecule has 7 nitrogen and oxygen atoms in total. The van der Waals surface area contributed by atoms with E-state index in [4.69, 9.17) is 5.73 Å². The summed E-state index contributed by atoms with van der Waals surface area (Å²) in [6.45, 7) is 0. The highest BCUT2D eigenvalue weighted by Crippen LogP contribution is 2.26. The van der Waals surface area contributed by atoms with Crippen LogP contribution in [0.4, 0.5) is 21.5 Å². The summed E-state index contributed by atoms with van der Waals surface area (Å²) in [4.78, 5) is 9.58. The topological polar surface area (TPSA) is 115 Å². The summed E-state index contributed by atoms with van der Waals surface area (Å²) < 4.78 is 39.5. The molecular formula is C12H10FN3O4S. The lowest BCUT2D eigenvalue weighted by Gasteiger charge is -2.09. The Labute approximate surface area is 119 Å². The Morgan fingerprint density at radius 1 is 1.19 bits per heavy atom. The molecule has 0 bridgehead atoms. The second-order valence-corrected chi connectivity index (χ2v) is 5.72. The summed E-state index contributed by atoms with van der Waals surface area (Å²) in [5.74, 6) is -0.691. The number of halogens is 1. The van der Waals surface area contributed by atoms with Crippen LogP contribution in [-0.4, -0.2) is 13.3 Å². The first kappa shape index (κ1) is 14.7. The summed E-state index contributed by atoms with van der Waals surface area (Å²) in [7, 11) is -4.19.